The zero-order valence-corrected chi connectivity index (χ0v) is 11.9. The van der Waals surface area contributed by atoms with E-state index in [4.69, 9.17) is 0 Å². The molecule has 0 N–H and O–H groups in total. The van der Waals surface area contributed by atoms with Crippen LogP contribution in [0, 0.1) is 6.92 Å². The Hall–Kier alpha value is -1.38. The molecule has 1 aliphatic heterocycles. The van der Waals surface area contributed by atoms with Crippen molar-refractivity contribution in [3.05, 3.63) is 29.6 Å². The van der Waals surface area contributed by atoms with Gasteiger partial charge in [0.05, 0.1) is 0 Å². The lowest BCUT2D eigenvalue weighted by Gasteiger charge is -2.31. The van der Waals surface area contributed by atoms with Gasteiger partial charge in [-0.2, -0.15) is 0 Å². The van der Waals surface area contributed by atoms with Crippen LogP contribution >= 0.6 is 0 Å². The van der Waals surface area contributed by atoms with Crippen molar-refractivity contribution in [2.24, 2.45) is 0 Å². The predicted octanol–water partition coefficient (Wildman–Crippen LogP) is 3.14. The molecule has 3 heteroatoms. The Kier molecular flexibility index (Phi) is 5.83. The van der Waals surface area contributed by atoms with Crippen LogP contribution in [0.25, 0.3) is 0 Å². The average molecular weight is 248 g/mol. The summed E-state index contributed by atoms with van der Waals surface area (Å²) in [6, 6.07) is 6.13. The number of nitrogens with zero attached hydrogens (tertiary/aromatic N) is 2. The lowest BCUT2D eigenvalue weighted by atomic mass is 9.94. The van der Waals surface area contributed by atoms with Gasteiger partial charge in [-0.3, -0.25) is 9.78 Å². The second kappa shape index (κ2) is 7.14. The standard InChI is InChI=1S/C13H18N2O.C2H6/c1-10-5-3-7-13(14-10)12-6-4-8-15(9-12)11(2)16;1-2/h3,5,7,12H,4,6,8-9H2,1-2H3;1-2H3. The number of carbonyl (C=O) groups is 1. The van der Waals surface area contributed by atoms with Crippen molar-refractivity contribution in [3.63, 3.8) is 0 Å². The second-order valence-corrected chi connectivity index (χ2v) is 4.51. The number of pyridine rings is 1. The molecule has 3 nitrogen and oxygen atoms in total. The normalized spacial score (nSPS) is 18.9. The summed E-state index contributed by atoms with van der Waals surface area (Å²) in [6.45, 7) is 9.38. The maximum atomic E-state index is 11.3. The molecule has 1 amide bonds. The minimum absolute atomic E-state index is 0.178. The largest absolute Gasteiger partial charge is 0.342 e. The van der Waals surface area contributed by atoms with Gasteiger partial charge in [-0.1, -0.05) is 19.9 Å². The molecule has 0 radical (unpaired) electrons. The summed E-state index contributed by atoms with van der Waals surface area (Å²) in [5.74, 6) is 0.593. The highest BCUT2D eigenvalue weighted by Crippen LogP contribution is 2.25. The number of likely N-dealkylation sites (tertiary alicyclic amines) is 1. The first-order chi connectivity index (χ1) is 8.66. The van der Waals surface area contributed by atoms with E-state index in [2.05, 4.69) is 11.1 Å². The van der Waals surface area contributed by atoms with Crippen molar-refractivity contribution in [3.8, 4) is 0 Å². The maximum absolute atomic E-state index is 11.3. The lowest BCUT2D eigenvalue weighted by Crippen LogP contribution is -2.37. The molecule has 1 unspecified atom stereocenters. The lowest BCUT2D eigenvalue weighted by molar-refractivity contribution is -0.130. The fourth-order valence-corrected chi connectivity index (χ4v) is 2.30. The number of rotatable bonds is 1. The van der Waals surface area contributed by atoms with Gasteiger partial charge in [-0.25, -0.2) is 0 Å². The number of hydrogen-bond donors (Lipinski definition) is 0. The summed E-state index contributed by atoms with van der Waals surface area (Å²) < 4.78 is 0. The van der Waals surface area contributed by atoms with Gasteiger partial charge in [0.2, 0.25) is 5.91 Å². The summed E-state index contributed by atoms with van der Waals surface area (Å²) in [5, 5.41) is 0. The van der Waals surface area contributed by atoms with Crippen LogP contribution in [0.2, 0.25) is 0 Å². The van der Waals surface area contributed by atoms with Crippen molar-refractivity contribution < 1.29 is 4.79 Å². The Bertz CT molecular complexity index is 390. The Morgan fingerprint density at radius 2 is 2.11 bits per heavy atom. The topological polar surface area (TPSA) is 33.2 Å². The number of aryl methyl sites for hydroxylation is 1. The molecule has 1 aromatic rings. The molecule has 0 aliphatic carbocycles. The molecule has 1 aromatic heterocycles. The molecule has 0 spiro atoms. The fourth-order valence-electron chi connectivity index (χ4n) is 2.30. The zero-order valence-electron chi connectivity index (χ0n) is 11.9. The third-order valence-electron chi connectivity index (χ3n) is 3.19. The first kappa shape index (κ1) is 14.7. The molecular formula is C15H24N2O. The molecule has 1 aliphatic rings. The first-order valence-corrected chi connectivity index (χ1v) is 6.86. The highest BCUT2D eigenvalue weighted by molar-refractivity contribution is 5.73. The summed E-state index contributed by atoms with van der Waals surface area (Å²) in [7, 11) is 0. The molecule has 100 valence electrons. The molecule has 0 bridgehead atoms. The maximum Gasteiger partial charge on any atom is 0.219 e. The van der Waals surface area contributed by atoms with Crippen LogP contribution in [0.15, 0.2) is 18.2 Å². The van der Waals surface area contributed by atoms with Crippen LogP contribution in [0.5, 0.6) is 0 Å². The molecular weight excluding hydrogens is 224 g/mol. The van der Waals surface area contributed by atoms with Crippen molar-refractivity contribution in [1.82, 2.24) is 9.88 Å². The quantitative estimate of drug-likeness (QED) is 0.765. The van der Waals surface area contributed by atoms with E-state index < -0.39 is 0 Å². The molecule has 0 saturated carbocycles. The summed E-state index contributed by atoms with van der Waals surface area (Å²) in [5.41, 5.74) is 2.18. The Morgan fingerprint density at radius 1 is 1.39 bits per heavy atom. The van der Waals surface area contributed by atoms with E-state index >= 15 is 0 Å². The molecule has 1 atom stereocenters. The smallest absolute Gasteiger partial charge is 0.219 e. The molecule has 2 rings (SSSR count). The third kappa shape index (κ3) is 3.83. The number of aromatic nitrogens is 1. The SMILES string of the molecule is CC.CC(=O)N1CCCC(c2cccc(C)n2)C1. The van der Waals surface area contributed by atoms with E-state index in [0.717, 1.165) is 37.3 Å². The third-order valence-corrected chi connectivity index (χ3v) is 3.19. The van der Waals surface area contributed by atoms with E-state index in [-0.39, 0.29) is 5.91 Å². The number of amides is 1. The highest BCUT2D eigenvalue weighted by Gasteiger charge is 2.23. The molecule has 1 saturated heterocycles. The van der Waals surface area contributed by atoms with E-state index in [1.807, 2.05) is 37.8 Å². The van der Waals surface area contributed by atoms with Crippen LogP contribution < -0.4 is 0 Å². The fraction of sp³-hybridized carbons (Fsp3) is 0.600. The van der Waals surface area contributed by atoms with Crippen molar-refractivity contribution in [2.75, 3.05) is 13.1 Å². The molecule has 2 heterocycles. The van der Waals surface area contributed by atoms with Crippen LogP contribution in [0.4, 0.5) is 0 Å². The number of hydrogen-bond acceptors (Lipinski definition) is 2. The monoisotopic (exact) mass is 248 g/mol. The van der Waals surface area contributed by atoms with Gasteiger partial charge in [0, 0.05) is 37.3 Å². The number of carbonyl (C=O) groups excluding carboxylic acids is 1. The summed E-state index contributed by atoms with van der Waals surface area (Å²) >= 11 is 0. The van der Waals surface area contributed by atoms with Gasteiger partial charge in [-0.15, -0.1) is 0 Å². The Labute approximate surface area is 110 Å². The minimum Gasteiger partial charge on any atom is -0.342 e. The van der Waals surface area contributed by atoms with Gasteiger partial charge in [0.1, 0.15) is 0 Å². The van der Waals surface area contributed by atoms with E-state index in [0.29, 0.717) is 5.92 Å². The Morgan fingerprint density at radius 3 is 2.72 bits per heavy atom. The second-order valence-electron chi connectivity index (χ2n) is 4.51. The van der Waals surface area contributed by atoms with E-state index in [9.17, 15) is 4.79 Å². The summed E-state index contributed by atoms with van der Waals surface area (Å²) in [6.07, 6.45) is 2.22. The summed E-state index contributed by atoms with van der Waals surface area (Å²) in [4.78, 5) is 17.8. The van der Waals surface area contributed by atoms with Crippen molar-refractivity contribution in [1.29, 1.82) is 0 Å². The molecule has 18 heavy (non-hydrogen) atoms. The van der Waals surface area contributed by atoms with Gasteiger partial charge >= 0.3 is 0 Å². The van der Waals surface area contributed by atoms with Gasteiger partial charge in [0.15, 0.2) is 0 Å². The van der Waals surface area contributed by atoms with Crippen LogP contribution in [-0.4, -0.2) is 28.9 Å². The van der Waals surface area contributed by atoms with Crippen LogP contribution in [-0.2, 0) is 4.79 Å². The number of piperidine rings is 1. The van der Waals surface area contributed by atoms with Gasteiger partial charge < -0.3 is 4.90 Å². The van der Waals surface area contributed by atoms with Crippen molar-refractivity contribution in [2.45, 2.75) is 46.5 Å². The molecule has 0 aromatic carbocycles. The highest BCUT2D eigenvalue weighted by atomic mass is 16.2. The zero-order chi connectivity index (χ0) is 13.5. The molecule has 1 fully saturated rings. The average Bonchev–Trinajstić information content (AvgIpc) is 2.41. The van der Waals surface area contributed by atoms with E-state index in [1.165, 1.54) is 0 Å². The van der Waals surface area contributed by atoms with E-state index in [1.54, 1.807) is 6.92 Å². The van der Waals surface area contributed by atoms with Crippen molar-refractivity contribution >= 4 is 5.91 Å². The predicted molar refractivity (Wildman–Crippen MR) is 74.6 cm³/mol. The minimum atomic E-state index is 0.178. The first-order valence-electron chi connectivity index (χ1n) is 6.86. The van der Waals surface area contributed by atoms with Gasteiger partial charge in [-0.05, 0) is 31.9 Å². The Balaban J connectivity index is 0.000000771. The van der Waals surface area contributed by atoms with Gasteiger partial charge in [0.25, 0.3) is 0 Å². The van der Waals surface area contributed by atoms with Crippen LogP contribution in [0.1, 0.15) is 50.9 Å². The van der Waals surface area contributed by atoms with Crippen LogP contribution in [0.3, 0.4) is 0 Å².